The van der Waals surface area contributed by atoms with Gasteiger partial charge in [0.25, 0.3) is 0 Å². The highest BCUT2D eigenvalue weighted by molar-refractivity contribution is 7.98. The van der Waals surface area contributed by atoms with Crippen molar-refractivity contribution < 1.29 is 14.0 Å². The maximum absolute atomic E-state index is 13.4. The zero-order valence-corrected chi connectivity index (χ0v) is 14.2. The zero-order valence-electron chi connectivity index (χ0n) is 13.3. The van der Waals surface area contributed by atoms with Crippen LogP contribution in [0.15, 0.2) is 54.6 Å². The first-order valence-corrected chi connectivity index (χ1v) is 8.98. The number of ketones is 1. The van der Waals surface area contributed by atoms with Gasteiger partial charge in [0.1, 0.15) is 5.82 Å². The fourth-order valence-corrected chi connectivity index (χ4v) is 2.99. The molecule has 0 spiro atoms. The van der Waals surface area contributed by atoms with Crippen LogP contribution in [0.5, 0.6) is 0 Å². The Hall–Kier alpha value is -2.14. The molecule has 0 aromatic heterocycles. The van der Waals surface area contributed by atoms with Crippen molar-refractivity contribution in [2.24, 2.45) is 0 Å². The van der Waals surface area contributed by atoms with Crippen molar-refractivity contribution in [1.82, 2.24) is 5.32 Å². The second-order valence-electron chi connectivity index (χ2n) is 5.28. The molecule has 0 aliphatic carbocycles. The quantitative estimate of drug-likeness (QED) is 0.555. The Balaban J connectivity index is 1.58. The molecule has 2 rings (SSSR count). The number of halogens is 1. The number of rotatable bonds is 9. The molecule has 0 unspecified atom stereocenters. The first kappa shape index (κ1) is 18.2. The van der Waals surface area contributed by atoms with E-state index in [4.69, 9.17) is 0 Å². The van der Waals surface area contributed by atoms with Crippen LogP contribution in [0.1, 0.15) is 28.8 Å². The molecule has 0 aliphatic rings. The van der Waals surface area contributed by atoms with Crippen molar-refractivity contribution in [3.63, 3.8) is 0 Å². The Kier molecular flexibility index (Phi) is 7.49. The molecule has 2 aromatic carbocycles. The monoisotopic (exact) mass is 345 g/mol. The number of carbonyl (C=O) groups is 2. The Labute approximate surface area is 145 Å². The van der Waals surface area contributed by atoms with Gasteiger partial charge in [-0.1, -0.05) is 48.5 Å². The van der Waals surface area contributed by atoms with Gasteiger partial charge >= 0.3 is 0 Å². The summed E-state index contributed by atoms with van der Waals surface area (Å²) in [6.07, 6.45) is 0.393. The summed E-state index contributed by atoms with van der Waals surface area (Å²) in [5.74, 6) is 0.917. The molecule has 0 radical (unpaired) electrons. The SMILES string of the molecule is O=C(CCC(=O)c1ccccc1)NCCSCc1ccccc1F. The van der Waals surface area contributed by atoms with Gasteiger partial charge in [-0.15, -0.1) is 0 Å². The van der Waals surface area contributed by atoms with Crippen LogP contribution < -0.4 is 5.32 Å². The van der Waals surface area contributed by atoms with Gasteiger partial charge in [-0.2, -0.15) is 11.8 Å². The van der Waals surface area contributed by atoms with E-state index in [-0.39, 0.29) is 30.3 Å². The van der Waals surface area contributed by atoms with Crippen LogP contribution >= 0.6 is 11.8 Å². The number of benzene rings is 2. The lowest BCUT2D eigenvalue weighted by Crippen LogP contribution is -2.26. The second kappa shape index (κ2) is 9.88. The van der Waals surface area contributed by atoms with Crippen LogP contribution in [-0.4, -0.2) is 24.0 Å². The molecular weight excluding hydrogens is 325 g/mol. The van der Waals surface area contributed by atoms with E-state index in [2.05, 4.69) is 5.32 Å². The number of Topliss-reactive ketones (excluding diaryl/α,β-unsaturated/α-hetero) is 1. The highest BCUT2D eigenvalue weighted by Gasteiger charge is 2.08. The van der Waals surface area contributed by atoms with Crippen LogP contribution in [0.4, 0.5) is 4.39 Å². The third-order valence-corrected chi connectivity index (χ3v) is 4.47. The molecule has 0 fully saturated rings. The van der Waals surface area contributed by atoms with E-state index in [9.17, 15) is 14.0 Å². The average molecular weight is 345 g/mol. The zero-order chi connectivity index (χ0) is 17.2. The predicted octanol–water partition coefficient (Wildman–Crippen LogP) is 3.84. The van der Waals surface area contributed by atoms with Crippen LogP contribution in [0, 0.1) is 5.82 Å². The summed E-state index contributed by atoms with van der Waals surface area (Å²) in [6, 6.07) is 15.6. The van der Waals surface area contributed by atoms with E-state index in [1.165, 1.54) is 6.07 Å². The van der Waals surface area contributed by atoms with Crippen molar-refractivity contribution in [3.8, 4) is 0 Å². The maximum Gasteiger partial charge on any atom is 0.220 e. The number of nitrogens with one attached hydrogen (secondary N) is 1. The smallest absolute Gasteiger partial charge is 0.220 e. The number of hydrogen-bond acceptors (Lipinski definition) is 3. The lowest BCUT2D eigenvalue weighted by atomic mass is 10.1. The molecular formula is C19H20FNO2S. The van der Waals surface area contributed by atoms with E-state index < -0.39 is 0 Å². The summed E-state index contributed by atoms with van der Waals surface area (Å²) in [5.41, 5.74) is 1.30. The van der Waals surface area contributed by atoms with Gasteiger partial charge in [0.05, 0.1) is 0 Å². The van der Waals surface area contributed by atoms with E-state index in [1.807, 2.05) is 12.1 Å². The van der Waals surface area contributed by atoms with Gasteiger partial charge < -0.3 is 5.32 Å². The average Bonchev–Trinajstić information content (AvgIpc) is 2.61. The molecule has 126 valence electrons. The van der Waals surface area contributed by atoms with Crippen LogP contribution in [0.3, 0.4) is 0 Å². The van der Waals surface area contributed by atoms with Crippen molar-refractivity contribution in [2.75, 3.05) is 12.3 Å². The molecule has 0 bridgehead atoms. The first-order valence-electron chi connectivity index (χ1n) is 7.83. The summed E-state index contributed by atoms with van der Waals surface area (Å²) in [5, 5.41) is 2.78. The molecule has 0 saturated carbocycles. The molecule has 0 saturated heterocycles. The minimum Gasteiger partial charge on any atom is -0.355 e. The van der Waals surface area contributed by atoms with Crippen molar-refractivity contribution in [1.29, 1.82) is 0 Å². The van der Waals surface area contributed by atoms with Crippen molar-refractivity contribution in [2.45, 2.75) is 18.6 Å². The first-order chi connectivity index (χ1) is 11.7. The predicted molar refractivity (Wildman–Crippen MR) is 95.6 cm³/mol. The molecule has 24 heavy (non-hydrogen) atoms. The van der Waals surface area contributed by atoms with Gasteiger partial charge in [0.15, 0.2) is 5.78 Å². The molecule has 5 heteroatoms. The highest BCUT2D eigenvalue weighted by Crippen LogP contribution is 2.14. The maximum atomic E-state index is 13.4. The molecule has 3 nitrogen and oxygen atoms in total. The molecule has 0 aliphatic heterocycles. The lowest BCUT2D eigenvalue weighted by molar-refractivity contribution is -0.120. The number of carbonyl (C=O) groups excluding carboxylic acids is 2. The van der Waals surface area contributed by atoms with Crippen LogP contribution in [-0.2, 0) is 10.5 Å². The third kappa shape index (κ3) is 6.16. The molecule has 1 amide bonds. The Morgan fingerprint density at radius 1 is 0.958 bits per heavy atom. The van der Waals surface area contributed by atoms with Crippen molar-refractivity contribution >= 4 is 23.5 Å². The fraction of sp³-hybridized carbons (Fsp3) is 0.263. The molecule has 1 N–H and O–H groups in total. The Morgan fingerprint density at radius 3 is 2.42 bits per heavy atom. The van der Waals surface area contributed by atoms with Gasteiger partial charge in [-0.3, -0.25) is 9.59 Å². The van der Waals surface area contributed by atoms with Gasteiger partial charge in [-0.25, -0.2) is 4.39 Å². The topological polar surface area (TPSA) is 46.2 Å². The van der Waals surface area contributed by atoms with Gasteiger partial charge in [0.2, 0.25) is 5.91 Å². The largest absolute Gasteiger partial charge is 0.355 e. The molecule has 2 aromatic rings. The minimum atomic E-state index is -0.201. The van der Waals surface area contributed by atoms with Crippen LogP contribution in [0.2, 0.25) is 0 Å². The third-order valence-electron chi connectivity index (χ3n) is 3.46. The molecule has 0 atom stereocenters. The summed E-state index contributed by atoms with van der Waals surface area (Å²) in [4.78, 5) is 23.6. The normalized spacial score (nSPS) is 10.4. The number of thioether (sulfide) groups is 1. The summed E-state index contributed by atoms with van der Waals surface area (Å²) in [7, 11) is 0. The summed E-state index contributed by atoms with van der Waals surface area (Å²) < 4.78 is 13.4. The van der Waals surface area contributed by atoms with E-state index in [1.54, 1.807) is 48.2 Å². The van der Waals surface area contributed by atoms with E-state index in [0.717, 1.165) is 0 Å². The summed E-state index contributed by atoms with van der Waals surface area (Å²) in [6.45, 7) is 0.511. The number of amides is 1. The minimum absolute atomic E-state index is 0.0281. The highest BCUT2D eigenvalue weighted by atomic mass is 32.2. The van der Waals surface area contributed by atoms with E-state index >= 15 is 0 Å². The van der Waals surface area contributed by atoms with Gasteiger partial charge in [0, 0.05) is 36.5 Å². The van der Waals surface area contributed by atoms with Crippen LogP contribution in [0.25, 0.3) is 0 Å². The fourth-order valence-electron chi connectivity index (χ4n) is 2.14. The summed E-state index contributed by atoms with van der Waals surface area (Å²) >= 11 is 1.56. The Morgan fingerprint density at radius 2 is 1.67 bits per heavy atom. The van der Waals surface area contributed by atoms with Gasteiger partial charge in [-0.05, 0) is 11.6 Å². The second-order valence-corrected chi connectivity index (χ2v) is 6.39. The van der Waals surface area contributed by atoms with Crippen molar-refractivity contribution in [3.05, 3.63) is 71.5 Å². The standard InChI is InChI=1S/C19H20FNO2S/c20-17-9-5-4-8-16(17)14-24-13-12-21-19(23)11-10-18(22)15-6-2-1-3-7-15/h1-9H,10-14H2,(H,21,23). The number of hydrogen-bond donors (Lipinski definition) is 1. The molecule has 0 heterocycles. The Bertz CT molecular complexity index is 676. The van der Waals surface area contributed by atoms with E-state index in [0.29, 0.717) is 29.2 Å². The lowest BCUT2D eigenvalue weighted by Gasteiger charge is -2.06.